The summed E-state index contributed by atoms with van der Waals surface area (Å²) in [4.78, 5) is 32.4. The van der Waals surface area contributed by atoms with Gasteiger partial charge in [0.15, 0.2) is 29.8 Å². The van der Waals surface area contributed by atoms with Crippen molar-refractivity contribution in [2.75, 3.05) is 6.61 Å². The van der Waals surface area contributed by atoms with Crippen LogP contribution in [0.5, 0.6) is 0 Å². The number of hydrogen-bond donors (Lipinski definition) is 0. The molecule has 0 amide bonds. The van der Waals surface area contributed by atoms with Crippen molar-refractivity contribution in [2.24, 2.45) is 0 Å². The van der Waals surface area contributed by atoms with Crippen LogP contribution in [0.2, 0.25) is 0 Å². The third kappa shape index (κ3) is 4.13. The van der Waals surface area contributed by atoms with Gasteiger partial charge in [-0.25, -0.2) is 9.97 Å². The summed E-state index contributed by atoms with van der Waals surface area (Å²) in [6, 6.07) is 9.22. The molecule has 0 aliphatic carbocycles. The minimum atomic E-state index is -1.02. The predicted octanol–water partition coefficient (Wildman–Crippen LogP) is 2.95. The number of thiazole rings is 1. The molecule has 0 aliphatic rings. The second-order valence-electron chi connectivity index (χ2n) is 5.59. The normalized spacial score (nSPS) is 11.8. The Bertz CT molecular complexity index is 953. The van der Waals surface area contributed by atoms with Crippen molar-refractivity contribution in [3.63, 3.8) is 0 Å². The van der Waals surface area contributed by atoms with E-state index in [0.717, 1.165) is 11.2 Å². The summed E-state index contributed by atoms with van der Waals surface area (Å²) in [6.07, 6.45) is 0.308. The first-order valence-corrected chi connectivity index (χ1v) is 8.79. The van der Waals surface area contributed by atoms with Gasteiger partial charge in [0, 0.05) is 17.5 Å². The summed E-state index contributed by atoms with van der Waals surface area (Å²) < 4.78 is 10.5. The Balaban J connectivity index is 1.50. The molecule has 0 bridgehead atoms. The highest BCUT2D eigenvalue weighted by Crippen LogP contribution is 2.21. The monoisotopic (exact) mass is 369 g/mol. The molecule has 26 heavy (non-hydrogen) atoms. The van der Waals surface area contributed by atoms with Gasteiger partial charge >= 0.3 is 5.97 Å². The van der Waals surface area contributed by atoms with Crippen LogP contribution in [-0.4, -0.2) is 28.3 Å². The van der Waals surface area contributed by atoms with Gasteiger partial charge in [-0.3, -0.25) is 9.59 Å². The number of esters is 1. The highest BCUT2D eigenvalue weighted by Gasteiger charge is 2.24. The molecule has 0 saturated heterocycles. The summed E-state index contributed by atoms with van der Waals surface area (Å²) >= 11 is 1.24. The number of fused-ring (bicyclic) bond motifs is 1. The van der Waals surface area contributed by atoms with Crippen LogP contribution in [0.3, 0.4) is 0 Å². The third-order valence-electron chi connectivity index (χ3n) is 3.59. The number of benzene rings is 1. The summed E-state index contributed by atoms with van der Waals surface area (Å²) in [5, 5.41) is 11.4. The standard InChI is InChI=1S/C18H15N3O4S/c1-11-10-26-18(20-11)12(8-19)14(22)9-24-17(23)7-6-16-21-13-4-2-3-5-15(13)25-16/h2-5,10,12H,6-7,9H2,1H3/t12-/m0/s1. The van der Waals surface area contributed by atoms with E-state index < -0.39 is 24.3 Å². The molecule has 7 nitrogen and oxygen atoms in total. The summed E-state index contributed by atoms with van der Waals surface area (Å²) in [6.45, 7) is 1.33. The van der Waals surface area contributed by atoms with Crippen molar-refractivity contribution in [2.45, 2.75) is 25.7 Å². The highest BCUT2D eigenvalue weighted by molar-refractivity contribution is 7.09. The molecule has 2 aromatic heterocycles. The number of ketones is 1. The fourth-order valence-corrected chi connectivity index (χ4v) is 3.17. The van der Waals surface area contributed by atoms with Crippen molar-refractivity contribution >= 4 is 34.2 Å². The van der Waals surface area contributed by atoms with Crippen LogP contribution in [0.4, 0.5) is 0 Å². The second-order valence-corrected chi connectivity index (χ2v) is 6.48. The Hall–Kier alpha value is -3.05. The van der Waals surface area contributed by atoms with Crippen LogP contribution in [0, 0.1) is 18.3 Å². The molecular formula is C18H15N3O4S. The van der Waals surface area contributed by atoms with Crippen molar-refractivity contribution < 1.29 is 18.7 Å². The van der Waals surface area contributed by atoms with Crippen LogP contribution in [0.1, 0.15) is 28.9 Å². The summed E-state index contributed by atoms with van der Waals surface area (Å²) in [5.74, 6) is -1.62. The number of ether oxygens (including phenoxy) is 1. The van der Waals surface area contributed by atoms with Gasteiger partial charge in [0.25, 0.3) is 0 Å². The number of carbonyl (C=O) groups excluding carboxylic acids is 2. The van der Waals surface area contributed by atoms with E-state index in [1.807, 2.05) is 24.3 Å². The quantitative estimate of drug-likeness (QED) is 0.589. The fourth-order valence-electron chi connectivity index (χ4n) is 2.31. The number of oxazole rings is 1. The Labute approximate surface area is 153 Å². The number of nitriles is 1. The maximum atomic E-state index is 12.1. The molecule has 2 heterocycles. The van der Waals surface area contributed by atoms with E-state index in [1.54, 1.807) is 18.4 Å². The van der Waals surface area contributed by atoms with Crippen LogP contribution >= 0.6 is 11.3 Å². The zero-order chi connectivity index (χ0) is 18.5. The lowest BCUT2D eigenvalue weighted by Crippen LogP contribution is -2.20. The van der Waals surface area contributed by atoms with Crippen molar-refractivity contribution in [1.82, 2.24) is 9.97 Å². The van der Waals surface area contributed by atoms with Gasteiger partial charge in [0.1, 0.15) is 10.5 Å². The number of hydrogen-bond acceptors (Lipinski definition) is 8. The molecule has 0 spiro atoms. The van der Waals surface area contributed by atoms with Crippen LogP contribution in [0.15, 0.2) is 34.1 Å². The van der Waals surface area contributed by atoms with E-state index in [1.165, 1.54) is 11.3 Å². The van der Waals surface area contributed by atoms with Gasteiger partial charge in [-0.2, -0.15) is 5.26 Å². The molecule has 3 rings (SSSR count). The van der Waals surface area contributed by atoms with Gasteiger partial charge < -0.3 is 9.15 Å². The summed E-state index contributed by atoms with van der Waals surface area (Å²) in [7, 11) is 0. The molecular weight excluding hydrogens is 354 g/mol. The van der Waals surface area contributed by atoms with Gasteiger partial charge in [-0.1, -0.05) is 12.1 Å². The van der Waals surface area contributed by atoms with Crippen molar-refractivity contribution in [1.29, 1.82) is 5.26 Å². The molecule has 0 aliphatic heterocycles. The van der Waals surface area contributed by atoms with E-state index in [9.17, 15) is 14.9 Å². The van der Waals surface area contributed by atoms with Crippen molar-refractivity contribution in [3.8, 4) is 6.07 Å². The fraction of sp³-hybridized carbons (Fsp3) is 0.278. The number of nitrogens with zero attached hydrogens (tertiary/aromatic N) is 3. The van der Waals surface area contributed by atoms with Crippen LogP contribution < -0.4 is 0 Å². The van der Waals surface area contributed by atoms with Gasteiger partial charge in [0.05, 0.1) is 12.5 Å². The van der Waals surface area contributed by atoms with Crippen LogP contribution in [0.25, 0.3) is 11.1 Å². The number of carbonyl (C=O) groups is 2. The molecule has 0 unspecified atom stereocenters. The van der Waals surface area contributed by atoms with Crippen molar-refractivity contribution in [3.05, 3.63) is 46.2 Å². The number of Topliss-reactive ketones (excluding diaryl/α,β-unsaturated/α-hetero) is 1. The van der Waals surface area contributed by atoms with Crippen LogP contribution in [-0.2, 0) is 20.7 Å². The molecule has 1 aromatic carbocycles. The molecule has 132 valence electrons. The van der Waals surface area contributed by atoms with E-state index in [-0.39, 0.29) is 12.8 Å². The number of rotatable bonds is 7. The van der Waals surface area contributed by atoms with Gasteiger partial charge in [-0.15, -0.1) is 11.3 Å². The van der Waals surface area contributed by atoms with E-state index in [2.05, 4.69) is 9.97 Å². The Morgan fingerprint density at radius 2 is 2.15 bits per heavy atom. The SMILES string of the molecule is Cc1csc([C@@H](C#N)C(=O)COC(=O)CCc2nc3ccccc3o2)n1. The first-order valence-electron chi connectivity index (χ1n) is 7.91. The second kappa shape index (κ2) is 7.89. The lowest BCUT2D eigenvalue weighted by molar-refractivity contribution is -0.148. The Kier molecular flexibility index (Phi) is 5.39. The minimum absolute atomic E-state index is 0.0354. The Morgan fingerprint density at radius 1 is 1.35 bits per heavy atom. The first-order chi connectivity index (χ1) is 12.6. The highest BCUT2D eigenvalue weighted by atomic mass is 32.1. The molecule has 0 N–H and O–H groups in total. The average molecular weight is 369 g/mol. The maximum absolute atomic E-state index is 12.1. The smallest absolute Gasteiger partial charge is 0.306 e. The van der Waals surface area contributed by atoms with E-state index in [4.69, 9.17) is 9.15 Å². The number of aryl methyl sites for hydroxylation is 2. The molecule has 3 aromatic rings. The number of para-hydroxylation sites is 2. The van der Waals surface area contributed by atoms with Gasteiger partial charge in [0.2, 0.25) is 0 Å². The molecule has 0 fully saturated rings. The zero-order valence-electron chi connectivity index (χ0n) is 14.0. The summed E-state index contributed by atoms with van der Waals surface area (Å²) in [5.41, 5.74) is 2.12. The molecule has 8 heteroatoms. The largest absolute Gasteiger partial charge is 0.458 e. The minimum Gasteiger partial charge on any atom is -0.458 e. The van der Waals surface area contributed by atoms with Gasteiger partial charge in [-0.05, 0) is 19.1 Å². The molecule has 0 saturated carbocycles. The average Bonchev–Trinajstić information content (AvgIpc) is 3.24. The maximum Gasteiger partial charge on any atom is 0.306 e. The molecule has 0 radical (unpaired) electrons. The molecule has 1 atom stereocenters. The first kappa shape index (κ1) is 17.8. The number of aromatic nitrogens is 2. The lowest BCUT2D eigenvalue weighted by Gasteiger charge is -2.06. The third-order valence-corrected chi connectivity index (χ3v) is 4.62. The predicted molar refractivity (Wildman–Crippen MR) is 93.5 cm³/mol. The van der Waals surface area contributed by atoms with E-state index in [0.29, 0.717) is 16.5 Å². The topological polar surface area (TPSA) is 106 Å². The lowest BCUT2D eigenvalue weighted by atomic mass is 10.1. The zero-order valence-corrected chi connectivity index (χ0v) is 14.8. The Morgan fingerprint density at radius 3 is 2.85 bits per heavy atom. The van der Waals surface area contributed by atoms with E-state index >= 15 is 0 Å².